The molecular weight excluding hydrogens is 676 g/mol. The van der Waals surface area contributed by atoms with Crippen molar-refractivity contribution >= 4 is 9.84 Å². The Morgan fingerprint density at radius 3 is 1.02 bits per heavy atom. The van der Waals surface area contributed by atoms with Crippen LogP contribution < -0.4 is 0 Å². The van der Waals surface area contributed by atoms with Gasteiger partial charge in [0, 0.05) is 108 Å². The zero-order valence-electron chi connectivity index (χ0n) is 34.4. The van der Waals surface area contributed by atoms with Crippen LogP contribution in [0.2, 0.25) is 0 Å². The quantitative estimate of drug-likeness (QED) is 0.230. The first kappa shape index (κ1) is 52.6. The second-order valence-corrected chi connectivity index (χ2v) is 15.2. The number of morpholine rings is 1. The lowest BCUT2D eigenvalue weighted by atomic mass is 10.1. The molecule has 4 heterocycles. The van der Waals surface area contributed by atoms with E-state index >= 15 is 0 Å². The summed E-state index contributed by atoms with van der Waals surface area (Å²) in [6, 6.07) is 0. The molecule has 0 aliphatic carbocycles. The number of rotatable bonds is 16. The van der Waals surface area contributed by atoms with Crippen molar-refractivity contribution in [1.82, 2.24) is 19.6 Å². The highest BCUT2D eigenvalue weighted by Crippen LogP contribution is 2.07. The summed E-state index contributed by atoms with van der Waals surface area (Å²) in [5.74, 6) is 0.605. The van der Waals surface area contributed by atoms with Gasteiger partial charge in [-0.3, -0.25) is 9.80 Å². The Morgan fingerprint density at radius 1 is 0.431 bits per heavy atom. The monoisotopic (exact) mass is 759 g/mol. The van der Waals surface area contributed by atoms with Gasteiger partial charge in [0.15, 0.2) is 9.84 Å². The van der Waals surface area contributed by atoms with Crippen molar-refractivity contribution in [3.05, 3.63) is 0 Å². The van der Waals surface area contributed by atoms with Crippen molar-refractivity contribution in [3.63, 3.8) is 0 Å². The summed E-state index contributed by atoms with van der Waals surface area (Å²) in [5, 5.41) is 0. The summed E-state index contributed by atoms with van der Waals surface area (Å²) in [6.07, 6.45) is 9.18. The number of ether oxygens (including phenoxy) is 7. The van der Waals surface area contributed by atoms with Crippen LogP contribution in [0, 0.1) is 0 Å². The van der Waals surface area contributed by atoms with E-state index in [1.54, 1.807) is 42.7 Å². The van der Waals surface area contributed by atoms with Crippen molar-refractivity contribution < 1.29 is 41.6 Å². The van der Waals surface area contributed by atoms with Gasteiger partial charge in [-0.05, 0) is 64.7 Å². The number of piperidine rings is 1. The Morgan fingerprint density at radius 2 is 0.725 bits per heavy atom. The molecule has 51 heavy (non-hydrogen) atoms. The molecular formula is C37H82N4O9S. The van der Waals surface area contributed by atoms with Crippen molar-refractivity contribution in [2.24, 2.45) is 0 Å². The Hall–Kier alpha value is -0.490. The molecule has 4 aliphatic heterocycles. The van der Waals surface area contributed by atoms with Crippen LogP contribution >= 0.6 is 0 Å². The van der Waals surface area contributed by atoms with Gasteiger partial charge in [0.2, 0.25) is 0 Å². The highest BCUT2D eigenvalue weighted by atomic mass is 32.2. The predicted molar refractivity (Wildman–Crippen MR) is 210 cm³/mol. The average Bonchev–Trinajstić information content (AvgIpc) is 3.69. The van der Waals surface area contributed by atoms with Gasteiger partial charge in [-0.25, -0.2) is 8.42 Å². The Labute approximate surface area is 314 Å². The minimum absolute atomic E-state index is 0.302. The van der Waals surface area contributed by atoms with E-state index in [2.05, 4.69) is 33.4 Å². The van der Waals surface area contributed by atoms with Gasteiger partial charge in [0.1, 0.15) is 0 Å². The third-order valence-electron chi connectivity index (χ3n) is 8.45. The molecule has 4 aliphatic rings. The molecule has 4 rings (SSSR count). The van der Waals surface area contributed by atoms with Crippen LogP contribution in [0.15, 0.2) is 0 Å². The van der Waals surface area contributed by atoms with Gasteiger partial charge in [-0.1, -0.05) is 20.3 Å². The first-order valence-electron chi connectivity index (χ1n) is 19.4. The number of likely N-dealkylation sites (tertiary alicyclic amines) is 2. The Bertz CT molecular complexity index is 723. The molecule has 0 aromatic heterocycles. The number of nitrogens with zero attached hydrogens (tertiary/aromatic N) is 4. The van der Waals surface area contributed by atoms with Crippen LogP contribution in [-0.2, 0) is 43.0 Å². The van der Waals surface area contributed by atoms with E-state index in [9.17, 15) is 8.42 Å². The van der Waals surface area contributed by atoms with E-state index in [4.69, 9.17) is 33.2 Å². The SMILES string of the molecule is CCCOC.CCCOC.COCCN1CCCC1.COCCN1CCCCC1.COCCN1CCOCC1.COCCN1CCS(=O)(=O)CC1. The molecule has 14 heteroatoms. The fraction of sp³-hybridized carbons (Fsp3) is 1.00. The molecule has 4 saturated heterocycles. The molecule has 0 N–H and O–H groups in total. The fourth-order valence-corrected chi connectivity index (χ4v) is 6.55. The van der Waals surface area contributed by atoms with Crippen LogP contribution in [0.4, 0.5) is 0 Å². The first-order chi connectivity index (χ1) is 24.8. The third-order valence-corrected chi connectivity index (χ3v) is 10.1. The summed E-state index contributed by atoms with van der Waals surface area (Å²) >= 11 is 0. The van der Waals surface area contributed by atoms with Crippen molar-refractivity contribution in [2.75, 3.05) is 186 Å². The average molecular weight is 759 g/mol. The maximum Gasteiger partial charge on any atom is 0.152 e. The standard InChI is InChI=1S/C8H17NO.C7H15NO3S.C7H15NO2.C7H15NO.2C4H10O/c1-10-8-7-9-5-3-2-4-6-9;1-11-5-2-8-3-6-12(9,10)7-4-8;1-9-5-2-8-3-6-10-7-4-8;1-9-7-6-8-4-2-3-5-8;2*1-3-4-5-2/h2-8H2,1H3;2-7H2,1H3;2-7H2,1H3;2-7H2,1H3;2*3-4H2,1-2H3. The van der Waals surface area contributed by atoms with Crippen LogP contribution in [0.1, 0.15) is 58.8 Å². The van der Waals surface area contributed by atoms with Crippen molar-refractivity contribution in [1.29, 1.82) is 0 Å². The lowest BCUT2D eigenvalue weighted by molar-refractivity contribution is 0.0263. The van der Waals surface area contributed by atoms with Crippen LogP contribution in [0.5, 0.6) is 0 Å². The summed E-state index contributed by atoms with van der Waals surface area (Å²) < 4.78 is 56.4. The van der Waals surface area contributed by atoms with Gasteiger partial charge in [-0.2, -0.15) is 0 Å². The van der Waals surface area contributed by atoms with Gasteiger partial charge in [-0.15, -0.1) is 0 Å². The zero-order chi connectivity index (χ0) is 38.3. The Balaban J connectivity index is 0. The maximum atomic E-state index is 11.0. The maximum absolute atomic E-state index is 11.0. The fourth-order valence-electron chi connectivity index (χ4n) is 5.28. The Kier molecular flexibility index (Phi) is 42.0. The highest BCUT2D eigenvalue weighted by molar-refractivity contribution is 7.91. The lowest BCUT2D eigenvalue weighted by Crippen LogP contribution is -2.41. The molecule has 0 saturated carbocycles. The summed E-state index contributed by atoms with van der Waals surface area (Å²) in [6.45, 7) is 23.7. The van der Waals surface area contributed by atoms with E-state index in [-0.39, 0.29) is 0 Å². The first-order valence-corrected chi connectivity index (χ1v) is 21.2. The van der Waals surface area contributed by atoms with Crippen LogP contribution in [0.3, 0.4) is 0 Å². The summed E-state index contributed by atoms with van der Waals surface area (Å²) in [7, 11) is 7.62. The van der Waals surface area contributed by atoms with Gasteiger partial charge in [0.25, 0.3) is 0 Å². The van der Waals surface area contributed by atoms with Gasteiger partial charge in [0.05, 0.1) is 51.1 Å². The van der Waals surface area contributed by atoms with E-state index in [0.29, 0.717) is 31.2 Å². The van der Waals surface area contributed by atoms with Crippen LogP contribution in [0.25, 0.3) is 0 Å². The molecule has 0 atom stereocenters. The van der Waals surface area contributed by atoms with E-state index in [0.717, 1.165) is 98.4 Å². The third kappa shape index (κ3) is 37.6. The number of hydrogen-bond donors (Lipinski definition) is 0. The molecule has 0 bridgehead atoms. The molecule has 0 amide bonds. The number of hydrogen-bond acceptors (Lipinski definition) is 13. The molecule has 0 radical (unpaired) electrons. The molecule has 4 fully saturated rings. The van der Waals surface area contributed by atoms with E-state index in [1.807, 2.05) is 0 Å². The predicted octanol–water partition coefficient (Wildman–Crippen LogP) is 3.26. The van der Waals surface area contributed by atoms with E-state index in [1.165, 1.54) is 58.3 Å². The van der Waals surface area contributed by atoms with Crippen LogP contribution in [-0.4, -0.2) is 214 Å². The number of methoxy groups -OCH3 is 6. The molecule has 0 aromatic rings. The van der Waals surface area contributed by atoms with Crippen molar-refractivity contribution in [2.45, 2.75) is 58.8 Å². The molecule has 0 aromatic carbocycles. The largest absolute Gasteiger partial charge is 0.385 e. The second kappa shape index (κ2) is 40.7. The number of sulfone groups is 1. The molecule has 13 nitrogen and oxygen atoms in total. The summed E-state index contributed by atoms with van der Waals surface area (Å²) in [4.78, 5) is 9.40. The van der Waals surface area contributed by atoms with Crippen molar-refractivity contribution in [3.8, 4) is 0 Å². The molecule has 0 spiro atoms. The van der Waals surface area contributed by atoms with E-state index < -0.39 is 9.84 Å². The highest BCUT2D eigenvalue weighted by Gasteiger charge is 2.20. The molecule has 0 unspecified atom stereocenters. The minimum Gasteiger partial charge on any atom is -0.385 e. The minimum atomic E-state index is -2.72. The van der Waals surface area contributed by atoms with Gasteiger partial charge < -0.3 is 43.0 Å². The normalized spacial score (nSPS) is 19.4. The topological polar surface area (TPSA) is 112 Å². The lowest BCUT2D eigenvalue weighted by Gasteiger charge is -2.25. The van der Waals surface area contributed by atoms with Gasteiger partial charge >= 0.3 is 0 Å². The smallest absolute Gasteiger partial charge is 0.152 e. The second-order valence-electron chi connectivity index (χ2n) is 12.9. The summed E-state index contributed by atoms with van der Waals surface area (Å²) in [5.41, 5.74) is 0. The zero-order valence-corrected chi connectivity index (χ0v) is 35.2. The molecule has 310 valence electrons.